The molecule has 0 aromatic heterocycles. The summed E-state index contributed by atoms with van der Waals surface area (Å²) >= 11 is 6.11. The number of anilines is 1. The van der Waals surface area contributed by atoms with E-state index in [2.05, 4.69) is 66.0 Å². The molecule has 4 saturated carbocycles. The number of aliphatic carboxylic acids is 1. The first-order valence-corrected chi connectivity index (χ1v) is 21.2. The lowest BCUT2D eigenvalue weighted by Crippen LogP contribution is -2.66. The van der Waals surface area contributed by atoms with Gasteiger partial charge >= 0.3 is 11.9 Å². The quantitative estimate of drug-likeness (QED) is 0.160. The number of carbonyl (C=O) groups is 4. The number of allylic oxidation sites excluding steroid dienone is 2. The summed E-state index contributed by atoms with van der Waals surface area (Å²) in [5, 5.41) is 16.9. The molecular weight excluding hydrogens is 712 g/mol. The number of carboxylic acids is 1. The zero-order chi connectivity index (χ0) is 40.5. The molecule has 5 aliphatic carbocycles. The van der Waals surface area contributed by atoms with Gasteiger partial charge < -0.3 is 20.5 Å². The number of benzene rings is 1. The third-order valence-electron chi connectivity index (χ3n) is 16.1. The molecular formula is C46H65ClN2O6. The maximum absolute atomic E-state index is 14.3. The Labute approximate surface area is 334 Å². The highest BCUT2D eigenvalue weighted by Gasteiger charge is 2.70. The molecule has 0 aliphatic heterocycles. The lowest BCUT2D eigenvalue weighted by molar-refractivity contribution is -0.233. The van der Waals surface area contributed by atoms with Crippen LogP contribution in [0.4, 0.5) is 5.69 Å². The maximum atomic E-state index is 14.3. The van der Waals surface area contributed by atoms with Crippen molar-refractivity contribution in [3.8, 4) is 0 Å². The summed E-state index contributed by atoms with van der Waals surface area (Å²) in [7, 11) is 0. The average Bonchev–Trinajstić information content (AvgIpc) is 3.40. The fourth-order valence-corrected chi connectivity index (χ4v) is 13.3. The molecule has 4 fully saturated rings. The molecule has 8 atom stereocenters. The van der Waals surface area contributed by atoms with Gasteiger partial charge in [0.1, 0.15) is 6.10 Å². The first-order valence-electron chi connectivity index (χ1n) is 20.8. The van der Waals surface area contributed by atoms with E-state index in [0.717, 1.165) is 62.6 Å². The fourth-order valence-electron chi connectivity index (χ4n) is 13.2. The van der Waals surface area contributed by atoms with Crippen LogP contribution in [0.5, 0.6) is 0 Å². The first-order chi connectivity index (χ1) is 25.6. The number of nitrogens with one attached hydrogen (secondary N) is 2. The van der Waals surface area contributed by atoms with Crippen molar-refractivity contribution in [2.75, 3.05) is 11.9 Å². The maximum Gasteiger partial charge on any atom is 0.309 e. The highest BCUT2D eigenvalue weighted by Crippen LogP contribution is 2.77. The summed E-state index contributed by atoms with van der Waals surface area (Å²) in [5.41, 5.74) is 1.82. The normalized spacial score (nSPS) is 35.6. The topological polar surface area (TPSA) is 122 Å². The number of hydrogen-bond acceptors (Lipinski definition) is 6. The van der Waals surface area contributed by atoms with Gasteiger partial charge in [-0.15, -0.1) is 0 Å². The molecule has 302 valence electrons. The van der Waals surface area contributed by atoms with E-state index in [9.17, 15) is 24.3 Å². The number of carboxylic acid groups (broad SMARTS) is 1. The van der Waals surface area contributed by atoms with Crippen LogP contribution >= 0.6 is 11.6 Å². The van der Waals surface area contributed by atoms with Gasteiger partial charge in [0.2, 0.25) is 5.91 Å². The molecule has 5 aliphatic rings. The van der Waals surface area contributed by atoms with Crippen molar-refractivity contribution in [1.82, 2.24) is 5.32 Å². The molecule has 6 rings (SSSR count). The monoisotopic (exact) mass is 776 g/mol. The molecule has 0 saturated heterocycles. The van der Waals surface area contributed by atoms with Crippen LogP contribution in [0.1, 0.15) is 133 Å². The largest absolute Gasteiger partial charge is 0.481 e. The van der Waals surface area contributed by atoms with E-state index in [0.29, 0.717) is 35.5 Å². The Morgan fingerprint density at radius 2 is 1.62 bits per heavy atom. The van der Waals surface area contributed by atoms with Gasteiger partial charge in [-0.25, -0.2) is 0 Å². The van der Waals surface area contributed by atoms with Crippen molar-refractivity contribution in [2.45, 2.75) is 140 Å². The first kappa shape index (κ1) is 41.5. The molecule has 3 N–H and O–H groups in total. The van der Waals surface area contributed by atoms with Crippen LogP contribution in [0.3, 0.4) is 0 Å². The molecule has 9 heteroatoms. The molecule has 0 spiro atoms. The number of esters is 1. The van der Waals surface area contributed by atoms with E-state index in [1.165, 1.54) is 5.57 Å². The molecule has 1 amide bonds. The van der Waals surface area contributed by atoms with E-state index in [4.69, 9.17) is 16.3 Å². The smallest absolute Gasteiger partial charge is 0.309 e. The number of halogens is 1. The number of carbonyl (C=O) groups excluding carboxylic acids is 3. The Morgan fingerprint density at radius 1 is 0.945 bits per heavy atom. The van der Waals surface area contributed by atoms with Gasteiger partial charge in [-0.1, -0.05) is 60.1 Å². The van der Waals surface area contributed by atoms with Crippen molar-refractivity contribution in [3.63, 3.8) is 0 Å². The summed E-state index contributed by atoms with van der Waals surface area (Å²) in [6, 6.07) is 7.11. The van der Waals surface area contributed by atoms with Crippen LogP contribution in [0, 0.1) is 56.2 Å². The SMILES string of the molecule is CCN/C(=C\C(=O)Nc1ccc(Cl)cc1)[C@@]12CC[C@]3(C)[C@H](CC[C@@H]4[C@@]5(C)CC[C@H](OC(=O)CC(C)(C)C(=O)O)C(C)(C)[C@@H]5CC[C@]43C)C1=C(C(C)C)C(=O)C2. The standard InChI is InChI=1S/C46H65ClN2O6/c1-11-48-34(24-36(51)49-29-14-12-28(47)13-15-29)46-23-22-44(9)30(39(46)38(27(2)3)31(50)25-46)16-17-33-43(8)20-19-35(55-37(52)26-41(4,5)40(53)54)42(6,7)32(43)18-21-45(33,44)10/h12-15,24,27,30,32-33,35,48H,11,16-23,25-26H2,1-10H3,(H,49,51)(H,53,54)/b34-24-/t30-,32+,33-,35+,43+,44-,45-,46+/m1/s1. The fraction of sp³-hybridized carbons (Fsp3) is 0.696. The minimum Gasteiger partial charge on any atom is -0.481 e. The van der Waals surface area contributed by atoms with Gasteiger partial charge in [0.25, 0.3) is 0 Å². The Morgan fingerprint density at radius 3 is 2.24 bits per heavy atom. The minimum absolute atomic E-state index is 0.0210. The number of Topliss-reactive ketones (excluding diaryl/α,β-unsaturated/α-hetero) is 1. The number of ketones is 1. The van der Waals surface area contributed by atoms with E-state index >= 15 is 0 Å². The number of fused-ring (bicyclic) bond motifs is 7. The second-order valence-corrected chi connectivity index (χ2v) is 20.5. The van der Waals surface area contributed by atoms with E-state index in [1.54, 1.807) is 44.2 Å². The van der Waals surface area contributed by atoms with Crippen molar-refractivity contribution in [2.24, 2.45) is 56.2 Å². The molecule has 1 aromatic rings. The van der Waals surface area contributed by atoms with E-state index in [1.807, 2.05) is 0 Å². The minimum atomic E-state index is -1.18. The summed E-state index contributed by atoms with van der Waals surface area (Å²) in [5.74, 6) is -0.316. The number of amides is 1. The second-order valence-electron chi connectivity index (χ2n) is 20.1. The van der Waals surface area contributed by atoms with Crippen molar-refractivity contribution < 1.29 is 29.0 Å². The van der Waals surface area contributed by atoms with Crippen LogP contribution in [-0.2, 0) is 23.9 Å². The Bertz CT molecular complexity index is 1790. The van der Waals surface area contributed by atoms with Gasteiger partial charge in [0.15, 0.2) is 5.78 Å². The van der Waals surface area contributed by atoms with Gasteiger partial charge in [0, 0.05) is 46.3 Å². The van der Waals surface area contributed by atoms with Crippen molar-refractivity contribution >= 4 is 40.9 Å². The van der Waals surface area contributed by atoms with Crippen molar-refractivity contribution in [3.05, 3.63) is 52.2 Å². The van der Waals surface area contributed by atoms with Gasteiger partial charge in [-0.2, -0.15) is 0 Å². The highest BCUT2D eigenvalue weighted by atomic mass is 35.5. The Hall–Kier alpha value is -3.13. The Balaban J connectivity index is 1.33. The van der Waals surface area contributed by atoms with Gasteiger partial charge in [-0.3, -0.25) is 19.2 Å². The van der Waals surface area contributed by atoms with Crippen molar-refractivity contribution in [1.29, 1.82) is 0 Å². The number of ether oxygens (including phenoxy) is 1. The van der Waals surface area contributed by atoms with Crippen LogP contribution < -0.4 is 10.6 Å². The zero-order valence-corrected chi connectivity index (χ0v) is 35.7. The van der Waals surface area contributed by atoms with Crippen LogP contribution in [0.25, 0.3) is 0 Å². The number of rotatable bonds is 10. The zero-order valence-electron chi connectivity index (χ0n) is 34.9. The predicted molar refractivity (Wildman–Crippen MR) is 217 cm³/mol. The molecule has 0 radical (unpaired) electrons. The predicted octanol–water partition coefficient (Wildman–Crippen LogP) is 10.2. The molecule has 55 heavy (non-hydrogen) atoms. The summed E-state index contributed by atoms with van der Waals surface area (Å²) in [6.07, 6.45) is 9.36. The molecule has 8 nitrogen and oxygen atoms in total. The third kappa shape index (κ3) is 6.68. The van der Waals surface area contributed by atoms with Gasteiger partial charge in [0.05, 0.1) is 11.8 Å². The summed E-state index contributed by atoms with van der Waals surface area (Å²) in [6.45, 7) is 22.3. The lowest BCUT2D eigenvalue weighted by Gasteiger charge is -2.72. The third-order valence-corrected chi connectivity index (χ3v) is 16.3. The molecule has 0 unspecified atom stereocenters. The van der Waals surface area contributed by atoms with Crippen LogP contribution in [-0.4, -0.2) is 41.4 Å². The molecule has 0 heterocycles. The summed E-state index contributed by atoms with van der Waals surface area (Å²) in [4.78, 5) is 52.9. The van der Waals surface area contributed by atoms with E-state index < -0.39 is 22.8 Å². The second kappa shape index (κ2) is 14.4. The highest BCUT2D eigenvalue weighted by molar-refractivity contribution is 6.30. The lowest BCUT2D eigenvalue weighted by atomic mass is 9.33. The van der Waals surface area contributed by atoms with E-state index in [-0.39, 0.29) is 57.7 Å². The van der Waals surface area contributed by atoms with Crippen LogP contribution in [0.15, 0.2) is 47.2 Å². The summed E-state index contributed by atoms with van der Waals surface area (Å²) < 4.78 is 6.18. The number of hydrogen-bond donors (Lipinski definition) is 3. The average molecular weight is 777 g/mol. The molecule has 0 bridgehead atoms. The molecule has 1 aromatic carbocycles. The van der Waals surface area contributed by atoms with Gasteiger partial charge in [-0.05, 0) is 147 Å². The Kier molecular flexibility index (Phi) is 10.8. The van der Waals surface area contributed by atoms with Crippen LogP contribution in [0.2, 0.25) is 5.02 Å².